The molecule has 1 aromatic carbocycles. The lowest BCUT2D eigenvalue weighted by Crippen LogP contribution is -2.48. The number of pyridine rings is 1. The maximum absolute atomic E-state index is 12.8. The zero-order valence-electron chi connectivity index (χ0n) is 15.6. The van der Waals surface area contributed by atoms with Gasteiger partial charge in [0.1, 0.15) is 18.5 Å². The van der Waals surface area contributed by atoms with Gasteiger partial charge in [0.2, 0.25) is 5.91 Å². The Morgan fingerprint density at radius 1 is 1.39 bits per heavy atom. The third kappa shape index (κ3) is 4.46. The number of nitrogens with zero attached hydrogens (tertiary/aromatic N) is 2. The first-order valence-electron chi connectivity index (χ1n) is 9.19. The number of ether oxygens (including phenoxy) is 2. The van der Waals surface area contributed by atoms with Crippen molar-refractivity contribution in [3.8, 4) is 5.75 Å². The Morgan fingerprint density at radius 2 is 2.29 bits per heavy atom. The highest BCUT2D eigenvalue weighted by Crippen LogP contribution is 2.29. The van der Waals surface area contributed by atoms with Crippen LogP contribution in [0, 0.1) is 6.92 Å². The quantitative estimate of drug-likeness (QED) is 0.628. The molecule has 3 aromatic rings. The molecule has 7 heteroatoms. The summed E-state index contributed by atoms with van der Waals surface area (Å²) in [7, 11) is 0. The van der Waals surface area contributed by atoms with Crippen molar-refractivity contribution < 1.29 is 14.3 Å². The first-order valence-corrected chi connectivity index (χ1v) is 10.4. The molecule has 4 rings (SSSR count). The van der Waals surface area contributed by atoms with Crippen molar-refractivity contribution in [1.29, 1.82) is 0 Å². The van der Waals surface area contributed by atoms with E-state index in [9.17, 15) is 4.79 Å². The van der Waals surface area contributed by atoms with Crippen LogP contribution in [0.4, 0.5) is 0 Å². The van der Waals surface area contributed by atoms with Crippen LogP contribution in [0.1, 0.15) is 11.3 Å². The predicted molar refractivity (Wildman–Crippen MR) is 111 cm³/mol. The highest BCUT2D eigenvalue weighted by Gasteiger charge is 2.25. The number of carbonyl (C=O) groups excluding carboxylic acids is 1. The van der Waals surface area contributed by atoms with Crippen LogP contribution < -0.4 is 4.74 Å². The Labute approximate surface area is 172 Å². The standard InChI is InChI=1S/C21H21ClN2O3S/c1-14-2-4-17(10-23-14)27-12-18-11-24(6-7-26-18)21(25)8-15-13-28-20-5-3-16(22)9-19(15)20/h2-5,9-10,13,18H,6-8,11-12H2,1H3. The molecule has 0 aliphatic carbocycles. The van der Waals surface area contributed by atoms with Crippen molar-refractivity contribution >= 4 is 38.9 Å². The summed E-state index contributed by atoms with van der Waals surface area (Å²) in [6.45, 7) is 3.97. The molecule has 1 saturated heterocycles. The van der Waals surface area contributed by atoms with E-state index in [0.717, 1.165) is 21.3 Å². The maximum atomic E-state index is 12.8. The first-order chi connectivity index (χ1) is 13.6. The summed E-state index contributed by atoms with van der Waals surface area (Å²) in [6, 6.07) is 9.60. The lowest BCUT2D eigenvalue weighted by Gasteiger charge is -2.33. The summed E-state index contributed by atoms with van der Waals surface area (Å²) in [4.78, 5) is 18.9. The smallest absolute Gasteiger partial charge is 0.227 e. The first kappa shape index (κ1) is 19.2. The summed E-state index contributed by atoms with van der Waals surface area (Å²) in [5.74, 6) is 0.809. The van der Waals surface area contributed by atoms with Crippen LogP contribution in [0.2, 0.25) is 5.02 Å². The van der Waals surface area contributed by atoms with Crippen LogP contribution in [-0.2, 0) is 16.0 Å². The van der Waals surface area contributed by atoms with Crippen LogP contribution >= 0.6 is 22.9 Å². The van der Waals surface area contributed by atoms with E-state index in [2.05, 4.69) is 4.98 Å². The van der Waals surface area contributed by atoms with Crippen LogP contribution in [0.25, 0.3) is 10.1 Å². The predicted octanol–water partition coefficient (Wildman–Crippen LogP) is 4.11. The molecular weight excluding hydrogens is 396 g/mol. The van der Waals surface area contributed by atoms with Gasteiger partial charge in [-0.3, -0.25) is 9.78 Å². The van der Waals surface area contributed by atoms with E-state index in [-0.39, 0.29) is 12.0 Å². The third-order valence-corrected chi connectivity index (χ3v) is 6.02. The van der Waals surface area contributed by atoms with E-state index in [4.69, 9.17) is 21.1 Å². The monoisotopic (exact) mass is 416 g/mol. The van der Waals surface area contributed by atoms with E-state index in [0.29, 0.717) is 43.5 Å². The SMILES string of the molecule is Cc1ccc(OCC2CN(C(=O)Cc3csc4ccc(Cl)cc34)CCO2)cn1. The number of carbonyl (C=O) groups is 1. The molecule has 1 amide bonds. The zero-order chi connectivity index (χ0) is 19.5. The molecule has 0 bridgehead atoms. The summed E-state index contributed by atoms with van der Waals surface area (Å²) in [6.07, 6.45) is 1.93. The second kappa shape index (κ2) is 8.47. The van der Waals surface area contributed by atoms with E-state index in [1.54, 1.807) is 17.5 Å². The van der Waals surface area contributed by atoms with Crippen LogP contribution in [0.3, 0.4) is 0 Å². The van der Waals surface area contributed by atoms with E-state index in [1.165, 1.54) is 0 Å². The molecule has 146 valence electrons. The van der Waals surface area contributed by atoms with Gasteiger partial charge in [-0.25, -0.2) is 0 Å². The molecule has 1 aliphatic rings. The molecule has 5 nitrogen and oxygen atoms in total. The maximum Gasteiger partial charge on any atom is 0.227 e. The van der Waals surface area contributed by atoms with Crippen LogP contribution in [0.5, 0.6) is 5.75 Å². The second-order valence-electron chi connectivity index (χ2n) is 6.86. The number of hydrogen-bond donors (Lipinski definition) is 0. The van der Waals surface area contributed by atoms with Crippen molar-refractivity contribution in [2.75, 3.05) is 26.3 Å². The Bertz CT molecular complexity index is 973. The van der Waals surface area contributed by atoms with Crippen molar-refractivity contribution in [2.45, 2.75) is 19.4 Å². The summed E-state index contributed by atoms with van der Waals surface area (Å²) in [5, 5.41) is 3.80. The van der Waals surface area contributed by atoms with Gasteiger partial charge in [0, 0.05) is 22.0 Å². The fourth-order valence-corrected chi connectivity index (χ4v) is 4.36. The number of rotatable bonds is 5. The molecule has 1 atom stereocenters. The minimum atomic E-state index is -0.146. The molecule has 0 radical (unpaired) electrons. The number of morpholine rings is 1. The topological polar surface area (TPSA) is 51.7 Å². The van der Waals surface area contributed by atoms with Crippen molar-refractivity contribution in [3.05, 3.63) is 58.2 Å². The number of fused-ring (bicyclic) bond motifs is 1. The Hall–Kier alpha value is -2.15. The molecule has 0 spiro atoms. The largest absolute Gasteiger partial charge is 0.489 e. The minimum Gasteiger partial charge on any atom is -0.489 e. The lowest BCUT2D eigenvalue weighted by atomic mass is 10.1. The number of aromatic nitrogens is 1. The summed E-state index contributed by atoms with van der Waals surface area (Å²) >= 11 is 7.76. The number of hydrogen-bond acceptors (Lipinski definition) is 5. The number of amides is 1. The van der Waals surface area contributed by atoms with Crippen LogP contribution in [0.15, 0.2) is 41.9 Å². The molecule has 1 aliphatic heterocycles. The molecule has 1 unspecified atom stereocenters. The Kier molecular flexibility index (Phi) is 5.80. The average Bonchev–Trinajstić information content (AvgIpc) is 3.09. The van der Waals surface area contributed by atoms with Gasteiger partial charge in [-0.05, 0) is 53.6 Å². The van der Waals surface area contributed by atoms with Gasteiger partial charge in [-0.1, -0.05) is 11.6 Å². The van der Waals surface area contributed by atoms with Crippen molar-refractivity contribution in [2.24, 2.45) is 0 Å². The van der Waals surface area contributed by atoms with Gasteiger partial charge in [-0.2, -0.15) is 0 Å². The summed E-state index contributed by atoms with van der Waals surface area (Å²) in [5.41, 5.74) is 1.97. The zero-order valence-corrected chi connectivity index (χ0v) is 17.1. The number of halogens is 1. The van der Waals surface area contributed by atoms with Gasteiger partial charge in [0.05, 0.1) is 25.8 Å². The molecule has 0 saturated carbocycles. The molecule has 0 N–H and O–H groups in total. The van der Waals surface area contributed by atoms with E-state index < -0.39 is 0 Å². The van der Waals surface area contributed by atoms with Crippen molar-refractivity contribution in [3.63, 3.8) is 0 Å². The number of benzene rings is 1. The average molecular weight is 417 g/mol. The molecular formula is C21H21ClN2O3S. The van der Waals surface area contributed by atoms with Gasteiger partial charge in [0.25, 0.3) is 0 Å². The highest BCUT2D eigenvalue weighted by molar-refractivity contribution is 7.17. The summed E-state index contributed by atoms with van der Waals surface area (Å²) < 4.78 is 12.7. The fourth-order valence-electron chi connectivity index (χ4n) is 3.24. The minimum absolute atomic E-state index is 0.102. The molecule has 1 fully saturated rings. The van der Waals surface area contributed by atoms with E-state index in [1.807, 2.05) is 47.5 Å². The van der Waals surface area contributed by atoms with Gasteiger partial charge in [-0.15, -0.1) is 11.3 Å². The number of aryl methyl sites for hydroxylation is 1. The van der Waals surface area contributed by atoms with Gasteiger partial charge < -0.3 is 14.4 Å². The van der Waals surface area contributed by atoms with Crippen LogP contribution in [-0.4, -0.2) is 48.2 Å². The second-order valence-corrected chi connectivity index (χ2v) is 8.20. The third-order valence-electron chi connectivity index (χ3n) is 4.77. The Balaban J connectivity index is 1.36. The molecule has 3 heterocycles. The lowest BCUT2D eigenvalue weighted by molar-refractivity contribution is -0.139. The molecule has 2 aromatic heterocycles. The fraction of sp³-hybridized carbons (Fsp3) is 0.333. The normalized spacial score (nSPS) is 17.1. The van der Waals surface area contributed by atoms with Gasteiger partial charge in [0.15, 0.2) is 0 Å². The van der Waals surface area contributed by atoms with E-state index >= 15 is 0 Å². The van der Waals surface area contributed by atoms with Gasteiger partial charge >= 0.3 is 0 Å². The van der Waals surface area contributed by atoms with Crippen molar-refractivity contribution in [1.82, 2.24) is 9.88 Å². The highest BCUT2D eigenvalue weighted by atomic mass is 35.5. The number of thiophene rings is 1. The Morgan fingerprint density at radius 3 is 3.11 bits per heavy atom. The molecule has 28 heavy (non-hydrogen) atoms.